The van der Waals surface area contributed by atoms with Crippen molar-refractivity contribution in [3.05, 3.63) is 23.8 Å². The number of nitrogens with one attached hydrogen (secondary N) is 1. The van der Waals surface area contributed by atoms with Gasteiger partial charge in [-0.2, -0.15) is 18.0 Å². The van der Waals surface area contributed by atoms with Gasteiger partial charge in [0.25, 0.3) is 0 Å². The Morgan fingerprint density at radius 3 is 2.47 bits per heavy atom. The van der Waals surface area contributed by atoms with Crippen LogP contribution in [-0.2, 0) is 10.2 Å². The molecule has 6 nitrogen and oxygen atoms in total. The number of nitriles is 1. The van der Waals surface area contributed by atoms with E-state index in [1.165, 1.54) is 17.5 Å². The fraction of sp³-hybridized carbons (Fsp3) is 0.417. The fourth-order valence-electron chi connectivity index (χ4n) is 1.66. The maximum atomic E-state index is 12.1. The average Bonchev–Trinajstić information content (AvgIpc) is 2.39. The van der Waals surface area contributed by atoms with Crippen molar-refractivity contribution in [2.45, 2.75) is 13.8 Å². The molecule has 1 rings (SSSR count). The second-order valence-corrected chi connectivity index (χ2v) is 5.36. The molecule has 0 amide bonds. The predicted octanol–water partition coefficient (Wildman–Crippen LogP) is 1.57. The topological polar surface area (TPSA) is 82.4 Å². The van der Waals surface area contributed by atoms with Gasteiger partial charge in [0.15, 0.2) is 0 Å². The van der Waals surface area contributed by atoms with Crippen molar-refractivity contribution in [1.82, 2.24) is 4.31 Å². The van der Waals surface area contributed by atoms with Gasteiger partial charge in [0.1, 0.15) is 17.5 Å². The van der Waals surface area contributed by atoms with E-state index in [1.807, 2.05) is 6.07 Å². The summed E-state index contributed by atoms with van der Waals surface area (Å²) >= 11 is 0. The molecule has 0 unspecified atom stereocenters. The van der Waals surface area contributed by atoms with E-state index >= 15 is 0 Å². The molecule has 0 aromatic heterocycles. The molecule has 0 bridgehead atoms. The molecule has 0 heterocycles. The summed E-state index contributed by atoms with van der Waals surface area (Å²) < 4.78 is 33.1. The number of rotatable bonds is 6. The van der Waals surface area contributed by atoms with E-state index in [9.17, 15) is 8.42 Å². The zero-order valence-corrected chi connectivity index (χ0v) is 12.0. The highest BCUT2D eigenvalue weighted by molar-refractivity contribution is 7.90. The lowest BCUT2D eigenvalue weighted by Crippen LogP contribution is -2.35. The molecular formula is C12H17N3O3S. The molecule has 0 aliphatic heterocycles. The maximum Gasteiger partial charge on any atom is 0.301 e. The first-order valence-electron chi connectivity index (χ1n) is 5.85. The number of hydrogen-bond acceptors (Lipinski definition) is 4. The highest BCUT2D eigenvalue weighted by atomic mass is 32.2. The van der Waals surface area contributed by atoms with E-state index in [1.54, 1.807) is 26.0 Å². The molecule has 1 aromatic rings. The van der Waals surface area contributed by atoms with Gasteiger partial charge in [0.05, 0.1) is 12.7 Å². The Bertz CT molecular complexity index is 574. The van der Waals surface area contributed by atoms with Crippen molar-refractivity contribution in [2.75, 3.05) is 24.9 Å². The molecule has 1 N–H and O–H groups in total. The zero-order valence-electron chi connectivity index (χ0n) is 11.2. The maximum absolute atomic E-state index is 12.1. The van der Waals surface area contributed by atoms with Gasteiger partial charge in [-0.1, -0.05) is 19.9 Å². The number of para-hydroxylation sites is 1. The van der Waals surface area contributed by atoms with Crippen LogP contribution in [0.1, 0.15) is 19.4 Å². The number of hydrogen-bond donors (Lipinski definition) is 1. The van der Waals surface area contributed by atoms with E-state index in [2.05, 4.69) is 4.72 Å². The predicted molar refractivity (Wildman–Crippen MR) is 73.2 cm³/mol. The van der Waals surface area contributed by atoms with Crippen LogP contribution in [0.25, 0.3) is 0 Å². The Labute approximate surface area is 113 Å². The van der Waals surface area contributed by atoms with Crippen LogP contribution in [0.4, 0.5) is 5.69 Å². The average molecular weight is 283 g/mol. The van der Waals surface area contributed by atoms with Gasteiger partial charge in [0.2, 0.25) is 0 Å². The monoisotopic (exact) mass is 283 g/mol. The third-order valence-electron chi connectivity index (χ3n) is 2.64. The SMILES string of the molecule is CCN(CC)S(=O)(=O)Nc1c(C#N)cccc1OC. The lowest BCUT2D eigenvalue weighted by molar-refractivity contribution is 0.416. The van der Waals surface area contributed by atoms with E-state index < -0.39 is 10.2 Å². The van der Waals surface area contributed by atoms with Crippen LogP contribution in [0.3, 0.4) is 0 Å². The number of anilines is 1. The molecule has 19 heavy (non-hydrogen) atoms. The van der Waals surface area contributed by atoms with Crippen LogP contribution in [0, 0.1) is 11.3 Å². The van der Waals surface area contributed by atoms with Gasteiger partial charge in [-0.05, 0) is 12.1 Å². The Morgan fingerprint density at radius 2 is 2.00 bits per heavy atom. The normalized spacial score (nSPS) is 11.1. The highest BCUT2D eigenvalue weighted by Gasteiger charge is 2.21. The van der Waals surface area contributed by atoms with Crippen LogP contribution < -0.4 is 9.46 Å². The zero-order chi connectivity index (χ0) is 14.5. The smallest absolute Gasteiger partial charge is 0.301 e. The molecule has 0 radical (unpaired) electrons. The molecule has 1 aromatic carbocycles. The first-order chi connectivity index (χ1) is 9.00. The summed E-state index contributed by atoms with van der Waals surface area (Å²) in [4.78, 5) is 0. The van der Waals surface area contributed by atoms with Crippen molar-refractivity contribution < 1.29 is 13.2 Å². The number of methoxy groups -OCH3 is 1. The molecule has 7 heteroatoms. The number of ether oxygens (including phenoxy) is 1. The van der Waals surface area contributed by atoms with Crippen molar-refractivity contribution in [3.8, 4) is 11.8 Å². The van der Waals surface area contributed by atoms with Crippen molar-refractivity contribution in [1.29, 1.82) is 5.26 Å². The summed E-state index contributed by atoms with van der Waals surface area (Å²) in [6, 6.07) is 6.70. The molecule has 0 atom stereocenters. The van der Waals surface area contributed by atoms with Crippen LogP contribution >= 0.6 is 0 Å². The van der Waals surface area contributed by atoms with Gasteiger partial charge >= 0.3 is 10.2 Å². The van der Waals surface area contributed by atoms with Crippen LogP contribution in [-0.4, -0.2) is 32.9 Å². The number of nitrogens with zero attached hydrogens (tertiary/aromatic N) is 2. The van der Waals surface area contributed by atoms with E-state index in [0.29, 0.717) is 18.8 Å². The van der Waals surface area contributed by atoms with Crippen molar-refractivity contribution >= 4 is 15.9 Å². The van der Waals surface area contributed by atoms with Crippen molar-refractivity contribution in [3.63, 3.8) is 0 Å². The Morgan fingerprint density at radius 1 is 1.37 bits per heavy atom. The van der Waals surface area contributed by atoms with Crippen molar-refractivity contribution in [2.24, 2.45) is 0 Å². The Balaban J connectivity index is 3.22. The summed E-state index contributed by atoms with van der Waals surface area (Å²) in [7, 11) is -2.27. The Kier molecular flexibility index (Phi) is 5.15. The minimum atomic E-state index is -3.69. The molecule has 104 valence electrons. The molecule has 0 aliphatic rings. The Hall–Kier alpha value is -1.78. The van der Waals surface area contributed by atoms with E-state index in [-0.39, 0.29) is 11.3 Å². The minimum absolute atomic E-state index is 0.166. The standard InChI is InChI=1S/C12H17N3O3S/c1-4-15(5-2)19(16,17)14-12-10(9-13)7-6-8-11(12)18-3/h6-8,14H,4-5H2,1-3H3. The summed E-state index contributed by atoms with van der Waals surface area (Å²) in [5.41, 5.74) is 0.384. The molecule has 0 saturated carbocycles. The highest BCUT2D eigenvalue weighted by Crippen LogP contribution is 2.29. The fourth-order valence-corrected chi connectivity index (χ4v) is 2.93. The summed E-state index contributed by atoms with van der Waals surface area (Å²) in [6.07, 6.45) is 0. The van der Waals surface area contributed by atoms with Gasteiger partial charge < -0.3 is 4.74 Å². The van der Waals surface area contributed by atoms with Crippen LogP contribution in [0.2, 0.25) is 0 Å². The van der Waals surface area contributed by atoms with E-state index in [4.69, 9.17) is 10.00 Å². The van der Waals surface area contributed by atoms with Gasteiger partial charge in [-0.25, -0.2) is 0 Å². The van der Waals surface area contributed by atoms with Gasteiger partial charge in [0, 0.05) is 13.1 Å². The molecular weight excluding hydrogens is 266 g/mol. The molecule has 0 saturated heterocycles. The second-order valence-electron chi connectivity index (χ2n) is 3.69. The molecule has 0 spiro atoms. The largest absolute Gasteiger partial charge is 0.495 e. The van der Waals surface area contributed by atoms with Gasteiger partial charge in [-0.15, -0.1) is 0 Å². The minimum Gasteiger partial charge on any atom is -0.495 e. The summed E-state index contributed by atoms with van der Waals surface area (Å²) in [5, 5.41) is 9.03. The lowest BCUT2D eigenvalue weighted by Gasteiger charge is -2.20. The van der Waals surface area contributed by atoms with Crippen LogP contribution in [0.5, 0.6) is 5.75 Å². The summed E-state index contributed by atoms with van der Waals surface area (Å²) in [5.74, 6) is 0.315. The van der Waals surface area contributed by atoms with E-state index in [0.717, 1.165) is 0 Å². The second kappa shape index (κ2) is 6.41. The third kappa shape index (κ3) is 3.36. The third-order valence-corrected chi connectivity index (χ3v) is 4.30. The van der Waals surface area contributed by atoms with Gasteiger partial charge in [-0.3, -0.25) is 4.72 Å². The molecule has 0 aliphatic carbocycles. The lowest BCUT2D eigenvalue weighted by atomic mass is 10.2. The van der Waals surface area contributed by atoms with Crippen LogP contribution in [0.15, 0.2) is 18.2 Å². The number of benzene rings is 1. The molecule has 0 fully saturated rings. The quantitative estimate of drug-likeness (QED) is 0.859. The first-order valence-corrected chi connectivity index (χ1v) is 7.29. The summed E-state index contributed by atoms with van der Waals surface area (Å²) in [6.45, 7) is 4.19. The first kappa shape index (κ1) is 15.3.